The summed E-state index contributed by atoms with van der Waals surface area (Å²) in [5.74, 6) is -1.73. The molecule has 0 bridgehead atoms. The van der Waals surface area contributed by atoms with E-state index in [0.29, 0.717) is 17.0 Å². The number of phenols is 1. The topological polar surface area (TPSA) is 112 Å². The Kier molecular flexibility index (Phi) is 4.17. The largest absolute Gasteiger partial charge is 0.504 e. The molecule has 1 aromatic rings. The van der Waals surface area contributed by atoms with E-state index in [1.807, 2.05) is 0 Å². The Hall–Kier alpha value is -2.90. The number of nitrogens with zero attached hydrogens (tertiary/aromatic N) is 2. The van der Waals surface area contributed by atoms with Gasteiger partial charge in [0.25, 0.3) is 11.8 Å². The number of hydrazone groups is 2. The Morgan fingerprint density at radius 2 is 2.29 bits per heavy atom. The van der Waals surface area contributed by atoms with Gasteiger partial charge in [-0.15, -0.1) is 0 Å². The maximum absolute atomic E-state index is 11.7. The smallest absolute Gasteiger partial charge is 0.258 e. The molecular weight excluding hydrogens is 276 g/mol. The van der Waals surface area contributed by atoms with E-state index in [2.05, 4.69) is 21.1 Å². The van der Waals surface area contributed by atoms with Crippen molar-refractivity contribution in [2.45, 2.75) is 6.92 Å². The van der Waals surface area contributed by atoms with Crippen LogP contribution in [0.3, 0.4) is 0 Å². The standard InChI is InChI=1S/C13H14N4O4/c1-7(8-3-4-10(18)11(5-8)21-2)15-17-13(20)9-6-14-16-12(9)19/h3-6,9,18H,1-2H3,(H,16,19)(H,17,20)/b15-7+. The molecule has 2 amide bonds. The van der Waals surface area contributed by atoms with E-state index >= 15 is 0 Å². The summed E-state index contributed by atoms with van der Waals surface area (Å²) in [5.41, 5.74) is 5.63. The van der Waals surface area contributed by atoms with Gasteiger partial charge in [0.2, 0.25) is 0 Å². The first-order chi connectivity index (χ1) is 10.0. The van der Waals surface area contributed by atoms with Gasteiger partial charge in [-0.05, 0) is 25.1 Å². The molecule has 1 unspecified atom stereocenters. The number of benzene rings is 1. The Balaban J connectivity index is 2.09. The first-order valence-electron chi connectivity index (χ1n) is 6.07. The number of amides is 2. The maximum atomic E-state index is 11.7. The van der Waals surface area contributed by atoms with E-state index in [9.17, 15) is 14.7 Å². The quantitative estimate of drug-likeness (QED) is 0.410. The molecule has 0 spiro atoms. The summed E-state index contributed by atoms with van der Waals surface area (Å²) < 4.78 is 4.99. The predicted molar refractivity (Wildman–Crippen MR) is 75.1 cm³/mol. The van der Waals surface area contributed by atoms with Crippen LogP contribution in [0.4, 0.5) is 0 Å². The third-order valence-electron chi connectivity index (χ3n) is 2.89. The van der Waals surface area contributed by atoms with Gasteiger partial charge in [0.05, 0.1) is 12.8 Å². The monoisotopic (exact) mass is 290 g/mol. The van der Waals surface area contributed by atoms with Gasteiger partial charge in [-0.25, -0.2) is 10.9 Å². The summed E-state index contributed by atoms with van der Waals surface area (Å²) in [6.07, 6.45) is 1.21. The van der Waals surface area contributed by atoms with Crippen molar-refractivity contribution >= 4 is 23.7 Å². The van der Waals surface area contributed by atoms with Crippen LogP contribution in [0.1, 0.15) is 12.5 Å². The third-order valence-corrected chi connectivity index (χ3v) is 2.89. The molecule has 0 aromatic heterocycles. The van der Waals surface area contributed by atoms with Gasteiger partial charge in [-0.3, -0.25) is 9.59 Å². The number of hydrogen-bond donors (Lipinski definition) is 3. The van der Waals surface area contributed by atoms with Crippen molar-refractivity contribution in [3.05, 3.63) is 23.8 Å². The number of methoxy groups -OCH3 is 1. The number of hydrogen-bond acceptors (Lipinski definition) is 6. The Morgan fingerprint density at radius 1 is 1.52 bits per heavy atom. The van der Waals surface area contributed by atoms with Crippen LogP contribution in [0.2, 0.25) is 0 Å². The van der Waals surface area contributed by atoms with Crippen molar-refractivity contribution in [1.82, 2.24) is 10.9 Å². The zero-order chi connectivity index (χ0) is 15.4. The van der Waals surface area contributed by atoms with Gasteiger partial charge in [0.1, 0.15) is 0 Å². The molecular formula is C13H14N4O4. The lowest BCUT2D eigenvalue weighted by atomic mass is 10.1. The highest BCUT2D eigenvalue weighted by molar-refractivity contribution is 6.15. The molecule has 110 valence electrons. The van der Waals surface area contributed by atoms with Crippen molar-refractivity contribution in [2.24, 2.45) is 16.1 Å². The fraction of sp³-hybridized carbons (Fsp3) is 0.231. The van der Waals surface area contributed by atoms with Crippen LogP contribution in [0.15, 0.2) is 28.4 Å². The Morgan fingerprint density at radius 3 is 2.90 bits per heavy atom. The molecule has 0 fully saturated rings. The molecule has 1 aliphatic rings. The molecule has 21 heavy (non-hydrogen) atoms. The average molecular weight is 290 g/mol. The summed E-state index contributed by atoms with van der Waals surface area (Å²) >= 11 is 0. The lowest BCUT2D eigenvalue weighted by molar-refractivity contribution is -0.131. The van der Waals surface area contributed by atoms with E-state index in [1.165, 1.54) is 19.4 Å². The van der Waals surface area contributed by atoms with Gasteiger partial charge in [-0.2, -0.15) is 10.2 Å². The SMILES string of the molecule is COc1cc(/C(C)=N/NC(=O)C2C=NNC2=O)ccc1O. The van der Waals surface area contributed by atoms with Gasteiger partial charge >= 0.3 is 0 Å². The van der Waals surface area contributed by atoms with Crippen molar-refractivity contribution in [1.29, 1.82) is 0 Å². The summed E-state index contributed by atoms with van der Waals surface area (Å²) in [4.78, 5) is 23.0. The molecule has 0 aliphatic carbocycles. The van der Waals surface area contributed by atoms with Crippen molar-refractivity contribution in [3.8, 4) is 11.5 Å². The lowest BCUT2D eigenvalue weighted by Crippen LogP contribution is -2.34. The normalized spacial score (nSPS) is 17.5. The molecule has 2 rings (SSSR count). The van der Waals surface area contributed by atoms with E-state index < -0.39 is 17.7 Å². The number of ether oxygens (including phenoxy) is 1. The molecule has 1 aromatic carbocycles. The highest BCUT2D eigenvalue weighted by Crippen LogP contribution is 2.26. The minimum Gasteiger partial charge on any atom is -0.504 e. The minimum absolute atomic E-state index is 0.0110. The summed E-state index contributed by atoms with van der Waals surface area (Å²) in [7, 11) is 1.44. The summed E-state index contributed by atoms with van der Waals surface area (Å²) in [5, 5.41) is 16.9. The van der Waals surface area contributed by atoms with Gasteiger partial charge in [0.15, 0.2) is 17.4 Å². The van der Waals surface area contributed by atoms with Crippen LogP contribution in [-0.4, -0.2) is 36.0 Å². The van der Waals surface area contributed by atoms with Crippen LogP contribution in [0, 0.1) is 5.92 Å². The number of aromatic hydroxyl groups is 1. The first kappa shape index (κ1) is 14.5. The maximum Gasteiger partial charge on any atom is 0.258 e. The fourth-order valence-corrected chi connectivity index (χ4v) is 1.68. The number of carbonyl (C=O) groups is 2. The molecule has 0 saturated heterocycles. The second kappa shape index (κ2) is 6.04. The zero-order valence-corrected chi connectivity index (χ0v) is 11.5. The van der Waals surface area contributed by atoms with Crippen molar-refractivity contribution in [2.75, 3.05) is 7.11 Å². The molecule has 8 heteroatoms. The highest BCUT2D eigenvalue weighted by atomic mass is 16.5. The minimum atomic E-state index is -0.976. The fourth-order valence-electron chi connectivity index (χ4n) is 1.68. The van der Waals surface area contributed by atoms with Gasteiger partial charge in [-0.1, -0.05) is 0 Å². The van der Waals surface area contributed by atoms with Crippen LogP contribution in [0.25, 0.3) is 0 Å². The molecule has 3 N–H and O–H groups in total. The molecule has 0 saturated carbocycles. The lowest BCUT2D eigenvalue weighted by Gasteiger charge is -2.07. The number of nitrogens with one attached hydrogen (secondary N) is 2. The number of phenolic OH excluding ortho intramolecular Hbond substituents is 1. The Labute approximate surface area is 120 Å². The van der Waals surface area contributed by atoms with Crippen molar-refractivity contribution < 1.29 is 19.4 Å². The van der Waals surface area contributed by atoms with Gasteiger partial charge in [0, 0.05) is 11.8 Å². The summed E-state index contributed by atoms with van der Waals surface area (Å²) in [6, 6.07) is 4.68. The van der Waals surface area contributed by atoms with Crippen LogP contribution in [-0.2, 0) is 9.59 Å². The average Bonchev–Trinajstić information content (AvgIpc) is 2.91. The van der Waals surface area contributed by atoms with Crippen LogP contribution < -0.4 is 15.6 Å². The third kappa shape index (κ3) is 3.16. The summed E-state index contributed by atoms with van der Waals surface area (Å²) in [6.45, 7) is 1.68. The zero-order valence-electron chi connectivity index (χ0n) is 11.5. The van der Waals surface area contributed by atoms with E-state index in [4.69, 9.17) is 4.74 Å². The highest BCUT2D eigenvalue weighted by Gasteiger charge is 2.28. The molecule has 1 aliphatic heterocycles. The van der Waals surface area contributed by atoms with Crippen molar-refractivity contribution in [3.63, 3.8) is 0 Å². The second-order valence-electron chi connectivity index (χ2n) is 4.29. The van der Waals surface area contributed by atoms with E-state index in [0.717, 1.165) is 0 Å². The Bertz CT molecular complexity index is 639. The number of carbonyl (C=O) groups excluding carboxylic acids is 2. The van der Waals surface area contributed by atoms with E-state index in [-0.39, 0.29) is 5.75 Å². The molecule has 1 heterocycles. The first-order valence-corrected chi connectivity index (χ1v) is 6.07. The molecule has 8 nitrogen and oxygen atoms in total. The second-order valence-corrected chi connectivity index (χ2v) is 4.29. The number of rotatable bonds is 4. The molecule has 0 radical (unpaired) electrons. The predicted octanol–water partition coefficient (Wildman–Crippen LogP) is -0.0272. The van der Waals surface area contributed by atoms with Gasteiger partial charge < -0.3 is 9.84 Å². The van der Waals surface area contributed by atoms with Crippen LogP contribution >= 0.6 is 0 Å². The van der Waals surface area contributed by atoms with Crippen LogP contribution in [0.5, 0.6) is 11.5 Å². The molecule has 1 atom stereocenters. The van der Waals surface area contributed by atoms with E-state index in [1.54, 1.807) is 19.1 Å².